The predicted molar refractivity (Wildman–Crippen MR) is 110 cm³/mol. The van der Waals surface area contributed by atoms with Gasteiger partial charge in [0.1, 0.15) is 18.7 Å². The third kappa shape index (κ3) is 6.22. The topological polar surface area (TPSA) is 67.1 Å². The molecule has 0 atom stereocenters. The van der Waals surface area contributed by atoms with Gasteiger partial charge in [-0.05, 0) is 37.5 Å². The maximum atomic E-state index is 4.66. The van der Waals surface area contributed by atoms with Crippen molar-refractivity contribution in [3.63, 3.8) is 0 Å². The summed E-state index contributed by atoms with van der Waals surface area (Å²) in [7, 11) is 1.90. The molecule has 138 valence electrons. The molecule has 1 fully saturated rings. The zero-order chi connectivity index (χ0) is 16.7. The first-order chi connectivity index (χ1) is 11.0. The Kier molecular flexibility index (Phi) is 9.01. The lowest BCUT2D eigenvalue weighted by atomic mass is 9.78. The van der Waals surface area contributed by atoms with E-state index in [2.05, 4.69) is 46.5 Å². The fourth-order valence-electron chi connectivity index (χ4n) is 3.67. The van der Waals surface area contributed by atoms with Crippen LogP contribution in [0, 0.1) is 11.3 Å². The Labute approximate surface area is 163 Å². The highest BCUT2D eigenvalue weighted by Crippen LogP contribution is 2.42. The molecule has 0 unspecified atom stereocenters. The van der Waals surface area contributed by atoms with E-state index in [-0.39, 0.29) is 24.0 Å². The predicted octanol–water partition coefficient (Wildman–Crippen LogP) is 3.09. The number of nitrogens with zero attached hydrogens (tertiary/aromatic N) is 4. The number of hydrogen-bond acceptors (Lipinski definition) is 3. The molecule has 1 heterocycles. The summed E-state index contributed by atoms with van der Waals surface area (Å²) in [6.45, 7) is 9.17. The van der Waals surface area contributed by atoms with Gasteiger partial charge in [0.05, 0.1) is 0 Å². The van der Waals surface area contributed by atoms with Crippen LogP contribution in [0.15, 0.2) is 11.3 Å². The molecular weight excluding hydrogens is 415 g/mol. The molecule has 1 saturated carbocycles. The van der Waals surface area contributed by atoms with Gasteiger partial charge in [-0.15, -0.1) is 24.0 Å². The molecule has 0 bridgehead atoms. The van der Waals surface area contributed by atoms with Gasteiger partial charge in [-0.1, -0.05) is 26.7 Å². The van der Waals surface area contributed by atoms with Crippen molar-refractivity contribution in [1.82, 2.24) is 25.4 Å². The van der Waals surface area contributed by atoms with Gasteiger partial charge in [-0.3, -0.25) is 4.68 Å². The second kappa shape index (κ2) is 10.2. The van der Waals surface area contributed by atoms with Crippen LogP contribution in [-0.2, 0) is 13.6 Å². The van der Waals surface area contributed by atoms with E-state index in [1.165, 1.54) is 32.1 Å². The molecule has 2 N–H and O–H groups in total. The maximum absolute atomic E-state index is 4.66. The number of halogens is 1. The van der Waals surface area contributed by atoms with Gasteiger partial charge in [-0.2, -0.15) is 5.10 Å². The van der Waals surface area contributed by atoms with Crippen molar-refractivity contribution in [3.8, 4) is 0 Å². The lowest BCUT2D eigenvalue weighted by Crippen LogP contribution is -2.43. The van der Waals surface area contributed by atoms with Gasteiger partial charge in [0.15, 0.2) is 5.96 Å². The van der Waals surface area contributed by atoms with Crippen LogP contribution in [0.2, 0.25) is 0 Å². The number of aryl methyl sites for hydroxylation is 1. The average molecular weight is 448 g/mol. The number of aromatic nitrogens is 3. The summed E-state index contributed by atoms with van der Waals surface area (Å²) in [5, 5.41) is 11.0. The normalized spacial score (nSPS) is 17.0. The molecule has 0 spiro atoms. The van der Waals surface area contributed by atoms with Crippen molar-refractivity contribution in [2.45, 2.75) is 59.4 Å². The van der Waals surface area contributed by atoms with Crippen LogP contribution in [0.3, 0.4) is 0 Å². The minimum atomic E-state index is 0. The minimum Gasteiger partial charge on any atom is -0.357 e. The monoisotopic (exact) mass is 448 g/mol. The van der Waals surface area contributed by atoms with Crippen LogP contribution in [0.5, 0.6) is 0 Å². The highest BCUT2D eigenvalue weighted by atomic mass is 127. The second-order valence-corrected chi connectivity index (χ2v) is 7.15. The Morgan fingerprint density at radius 3 is 2.58 bits per heavy atom. The van der Waals surface area contributed by atoms with Gasteiger partial charge in [0, 0.05) is 20.1 Å². The van der Waals surface area contributed by atoms with Crippen molar-refractivity contribution in [2.24, 2.45) is 23.4 Å². The van der Waals surface area contributed by atoms with E-state index in [0.29, 0.717) is 12.0 Å². The largest absolute Gasteiger partial charge is 0.357 e. The van der Waals surface area contributed by atoms with Crippen molar-refractivity contribution >= 4 is 29.9 Å². The molecule has 0 aromatic carbocycles. The van der Waals surface area contributed by atoms with Crippen LogP contribution in [0.1, 0.15) is 58.7 Å². The highest BCUT2D eigenvalue weighted by Gasteiger charge is 2.34. The molecule has 7 heteroatoms. The molecule has 0 aliphatic heterocycles. The van der Waals surface area contributed by atoms with E-state index in [0.717, 1.165) is 30.8 Å². The Hall–Kier alpha value is -0.860. The third-order valence-corrected chi connectivity index (χ3v) is 4.66. The molecule has 1 aliphatic carbocycles. The number of nitrogens with one attached hydrogen (secondary N) is 2. The molecule has 1 aromatic rings. The zero-order valence-corrected chi connectivity index (χ0v) is 17.8. The lowest BCUT2D eigenvalue weighted by Gasteiger charge is -2.32. The number of rotatable bonds is 7. The first kappa shape index (κ1) is 21.2. The maximum Gasteiger partial charge on any atom is 0.191 e. The second-order valence-electron chi connectivity index (χ2n) is 7.15. The molecule has 0 saturated heterocycles. The first-order valence-corrected chi connectivity index (χ1v) is 8.90. The van der Waals surface area contributed by atoms with Crippen LogP contribution in [-0.4, -0.2) is 33.8 Å². The van der Waals surface area contributed by atoms with Crippen molar-refractivity contribution in [2.75, 3.05) is 13.1 Å². The van der Waals surface area contributed by atoms with Crippen molar-refractivity contribution in [3.05, 3.63) is 12.2 Å². The standard InChI is InChI=1S/C17H32N6.HI/c1-5-18-16(19-11-15-21-13-22-23(15)4)20-12-17(10-14(2)3)8-6-7-9-17;/h13-14H,5-12H2,1-4H3,(H2,18,19,20);1H. The molecular formula is C17H33IN6. The average Bonchev–Trinajstić information content (AvgIpc) is 3.11. The summed E-state index contributed by atoms with van der Waals surface area (Å²) >= 11 is 0. The van der Waals surface area contributed by atoms with E-state index < -0.39 is 0 Å². The quantitative estimate of drug-likeness (QED) is 0.382. The highest BCUT2D eigenvalue weighted by molar-refractivity contribution is 14.0. The van der Waals surface area contributed by atoms with Crippen LogP contribution >= 0.6 is 24.0 Å². The first-order valence-electron chi connectivity index (χ1n) is 8.90. The summed E-state index contributed by atoms with van der Waals surface area (Å²) in [4.78, 5) is 8.89. The Morgan fingerprint density at radius 2 is 2.04 bits per heavy atom. The van der Waals surface area contributed by atoms with E-state index in [9.17, 15) is 0 Å². The van der Waals surface area contributed by atoms with E-state index in [1.807, 2.05) is 7.05 Å². The smallest absolute Gasteiger partial charge is 0.191 e. The molecule has 1 aliphatic rings. The lowest BCUT2D eigenvalue weighted by molar-refractivity contribution is 0.234. The molecule has 0 amide bonds. The third-order valence-electron chi connectivity index (χ3n) is 4.66. The molecule has 6 nitrogen and oxygen atoms in total. The summed E-state index contributed by atoms with van der Waals surface area (Å²) in [6, 6.07) is 0. The van der Waals surface area contributed by atoms with Gasteiger partial charge < -0.3 is 10.6 Å². The van der Waals surface area contributed by atoms with Crippen LogP contribution in [0.4, 0.5) is 0 Å². The number of aliphatic imine (C=N–C) groups is 1. The Balaban J connectivity index is 0.00000288. The van der Waals surface area contributed by atoms with Crippen LogP contribution < -0.4 is 10.6 Å². The minimum absolute atomic E-state index is 0. The SMILES string of the molecule is CCNC(=NCc1ncnn1C)NCC1(CC(C)C)CCCC1.I. The fraction of sp³-hybridized carbons (Fsp3) is 0.824. The van der Waals surface area contributed by atoms with Crippen molar-refractivity contribution in [1.29, 1.82) is 0 Å². The van der Waals surface area contributed by atoms with E-state index in [1.54, 1.807) is 11.0 Å². The fourth-order valence-corrected chi connectivity index (χ4v) is 3.67. The summed E-state index contributed by atoms with van der Waals surface area (Å²) in [5.74, 6) is 2.50. The van der Waals surface area contributed by atoms with Gasteiger partial charge in [0.25, 0.3) is 0 Å². The molecule has 2 rings (SSSR count). The summed E-state index contributed by atoms with van der Waals surface area (Å²) in [5.41, 5.74) is 0.440. The van der Waals surface area contributed by atoms with Gasteiger partial charge in [-0.25, -0.2) is 9.98 Å². The molecule has 24 heavy (non-hydrogen) atoms. The molecule has 1 aromatic heterocycles. The van der Waals surface area contributed by atoms with Gasteiger partial charge >= 0.3 is 0 Å². The Morgan fingerprint density at radius 1 is 1.33 bits per heavy atom. The zero-order valence-electron chi connectivity index (χ0n) is 15.5. The number of hydrogen-bond donors (Lipinski definition) is 2. The van der Waals surface area contributed by atoms with E-state index in [4.69, 9.17) is 0 Å². The number of guanidine groups is 1. The Bertz CT molecular complexity index is 505. The van der Waals surface area contributed by atoms with Crippen LogP contribution in [0.25, 0.3) is 0 Å². The summed E-state index contributed by atoms with van der Waals surface area (Å²) in [6.07, 6.45) is 8.26. The van der Waals surface area contributed by atoms with E-state index >= 15 is 0 Å². The van der Waals surface area contributed by atoms with Gasteiger partial charge in [0.2, 0.25) is 0 Å². The van der Waals surface area contributed by atoms with Crippen molar-refractivity contribution < 1.29 is 0 Å². The summed E-state index contributed by atoms with van der Waals surface area (Å²) < 4.78 is 1.77. The molecule has 0 radical (unpaired) electrons.